The number of amides is 2. The Morgan fingerprint density at radius 2 is 1.77 bits per heavy atom. The van der Waals surface area contributed by atoms with Crippen LogP contribution in [-0.4, -0.2) is 35.2 Å². The number of fused-ring (bicyclic) bond motifs is 1. The second kappa shape index (κ2) is 8.71. The van der Waals surface area contributed by atoms with E-state index in [4.69, 9.17) is 10.5 Å². The zero-order valence-corrected chi connectivity index (χ0v) is 17.0. The van der Waals surface area contributed by atoms with Crippen molar-refractivity contribution in [2.75, 3.05) is 13.7 Å². The molecule has 0 saturated heterocycles. The zero-order chi connectivity index (χ0) is 21.8. The zero-order valence-electron chi connectivity index (χ0n) is 17.0. The summed E-state index contributed by atoms with van der Waals surface area (Å²) in [5, 5.41) is 8.77. The van der Waals surface area contributed by atoms with Crippen molar-refractivity contribution in [3.63, 3.8) is 0 Å². The highest BCUT2D eigenvalue weighted by atomic mass is 16.5. The summed E-state index contributed by atoms with van der Waals surface area (Å²) in [4.78, 5) is 23.5. The molecule has 0 unspecified atom stereocenters. The average Bonchev–Trinajstić information content (AvgIpc) is 3.25. The summed E-state index contributed by atoms with van der Waals surface area (Å²) in [5.74, 6) is -0.105. The van der Waals surface area contributed by atoms with Crippen molar-refractivity contribution >= 4 is 22.6 Å². The second-order valence-electron chi connectivity index (χ2n) is 7.13. The van der Waals surface area contributed by atoms with Crippen LogP contribution in [-0.2, 0) is 11.3 Å². The molecular formula is C24H22N4O3. The number of aromatic nitrogens is 2. The van der Waals surface area contributed by atoms with Crippen LogP contribution in [0.3, 0.4) is 0 Å². The van der Waals surface area contributed by atoms with Crippen LogP contribution in [0.15, 0.2) is 73.1 Å². The maximum Gasteiger partial charge on any atom is 0.252 e. The van der Waals surface area contributed by atoms with Crippen LogP contribution in [0.25, 0.3) is 21.9 Å². The van der Waals surface area contributed by atoms with E-state index in [-0.39, 0.29) is 12.5 Å². The van der Waals surface area contributed by atoms with Crippen LogP contribution < -0.4 is 15.8 Å². The minimum absolute atomic E-state index is 0.201. The number of hydrogen-bond acceptors (Lipinski definition) is 4. The Morgan fingerprint density at radius 3 is 2.52 bits per heavy atom. The molecule has 1 heterocycles. The molecule has 0 aliphatic carbocycles. The lowest BCUT2D eigenvalue weighted by atomic mass is 9.97. The molecule has 0 aliphatic rings. The molecular weight excluding hydrogens is 392 g/mol. The van der Waals surface area contributed by atoms with E-state index in [1.807, 2.05) is 71.7 Å². The molecule has 1 aromatic heterocycles. The fraction of sp³-hybridized carbons (Fsp3) is 0.125. The lowest BCUT2D eigenvalue weighted by Crippen LogP contribution is -2.33. The number of primary amides is 1. The topological polar surface area (TPSA) is 99.2 Å². The maximum atomic E-state index is 12.5. The van der Waals surface area contributed by atoms with Gasteiger partial charge in [-0.3, -0.25) is 14.3 Å². The molecule has 7 nitrogen and oxygen atoms in total. The molecule has 0 radical (unpaired) electrons. The minimum atomic E-state index is -0.585. The Kier molecular flexibility index (Phi) is 5.66. The first-order chi connectivity index (χ1) is 15.0. The normalized spacial score (nSPS) is 10.7. The van der Waals surface area contributed by atoms with Gasteiger partial charge in [0.15, 0.2) is 0 Å². The second-order valence-corrected chi connectivity index (χ2v) is 7.13. The first kappa shape index (κ1) is 20.2. The van der Waals surface area contributed by atoms with Crippen molar-refractivity contribution in [1.82, 2.24) is 15.1 Å². The summed E-state index contributed by atoms with van der Waals surface area (Å²) in [6.45, 7) is 0.433. The number of hydrogen-bond donors (Lipinski definition) is 2. The highest BCUT2D eigenvalue weighted by Crippen LogP contribution is 2.30. The molecule has 0 bridgehead atoms. The Hall–Kier alpha value is -4.13. The molecule has 156 valence electrons. The summed E-state index contributed by atoms with van der Waals surface area (Å²) in [5.41, 5.74) is 8.67. The van der Waals surface area contributed by atoms with Crippen LogP contribution in [0, 0.1) is 0 Å². The Labute approximate surface area is 179 Å². The number of carbonyl (C=O) groups is 2. The minimum Gasteiger partial charge on any atom is -0.497 e. The summed E-state index contributed by atoms with van der Waals surface area (Å²) in [7, 11) is 1.64. The van der Waals surface area contributed by atoms with Gasteiger partial charge in [-0.1, -0.05) is 42.5 Å². The summed E-state index contributed by atoms with van der Waals surface area (Å²) >= 11 is 0. The molecule has 0 atom stereocenters. The standard InChI is InChI=1S/C24H22N4O3/c1-31-18-10-8-16(9-11-18)14-28-15-17(12-27-28)19-4-2-6-21-20(19)5-3-7-22(21)24(30)26-13-23(25)29/h2-12,15H,13-14H2,1H3,(H2,25,29)(H,26,30). The van der Waals surface area contributed by atoms with E-state index in [0.29, 0.717) is 12.1 Å². The van der Waals surface area contributed by atoms with E-state index in [0.717, 1.165) is 33.2 Å². The van der Waals surface area contributed by atoms with Gasteiger partial charge < -0.3 is 15.8 Å². The van der Waals surface area contributed by atoms with Gasteiger partial charge >= 0.3 is 0 Å². The van der Waals surface area contributed by atoms with Gasteiger partial charge in [0, 0.05) is 17.3 Å². The van der Waals surface area contributed by atoms with Gasteiger partial charge in [0.05, 0.1) is 26.4 Å². The fourth-order valence-electron chi connectivity index (χ4n) is 3.53. The number of nitrogens with one attached hydrogen (secondary N) is 1. The molecule has 0 spiro atoms. The third-order valence-electron chi connectivity index (χ3n) is 5.04. The SMILES string of the molecule is COc1ccc(Cn2cc(-c3cccc4c(C(=O)NCC(N)=O)cccc34)cn2)cc1. The molecule has 0 fully saturated rings. The van der Waals surface area contributed by atoms with E-state index in [2.05, 4.69) is 10.4 Å². The monoisotopic (exact) mass is 414 g/mol. The predicted molar refractivity (Wildman–Crippen MR) is 119 cm³/mol. The number of benzene rings is 3. The van der Waals surface area contributed by atoms with Gasteiger partial charge in [-0.25, -0.2) is 0 Å². The maximum absolute atomic E-state index is 12.5. The van der Waals surface area contributed by atoms with Crippen molar-refractivity contribution in [1.29, 1.82) is 0 Å². The van der Waals surface area contributed by atoms with Crippen LogP contribution in [0.4, 0.5) is 0 Å². The van der Waals surface area contributed by atoms with Crippen LogP contribution in [0.2, 0.25) is 0 Å². The molecule has 31 heavy (non-hydrogen) atoms. The lowest BCUT2D eigenvalue weighted by molar-refractivity contribution is -0.117. The van der Waals surface area contributed by atoms with Gasteiger partial charge in [0.2, 0.25) is 5.91 Å². The number of methoxy groups -OCH3 is 1. The number of ether oxygens (including phenoxy) is 1. The van der Waals surface area contributed by atoms with Crippen molar-refractivity contribution in [3.8, 4) is 16.9 Å². The fourth-order valence-corrected chi connectivity index (χ4v) is 3.53. The van der Waals surface area contributed by atoms with Gasteiger partial charge in [0.1, 0.15) is 5.75 Å². The quantitative estimate of drug-likeness (QED) is 0.486. The molecule has 2 amide bonds. The van der Waals surface area contributed by atoms with Gasteiger partial charge in [-0.05, 0) is 40.1 Å². The Bertz CT molecular complexity index is 1250. The summed E-state index contributed by atoms with van der Waals surface area (Å²) in [6.07, 6.45) is 3.80. The van der Waals surface area contributed by atoms with Gasteiger partial charge in [-0.2, -0.15) is 5.10 Å². The molecule has 4 rings (SSSR count). The molecule has 3 N–H and O–H groups in total. The van der Waals surface area contributed by atoms with Crippen LogP contribution in [0.1, 0.15) is 15.9 Å². The largest absolute Gasteiger partial charge is 0.497 e. The number of nitrogens with two attached hydrogens (primary N) is 1. The number of nitrogens with zero attached hydrogens (tertiary/aromatic N) is 2. The van der Waals surface area contributed by atoms with Crippen LogP contribution >= 0.6 is 0 Å². The van der Waals surface area contributed by atoms with Crippen molar-refractivity contribution in [2.45, 2.75) is 6.54 Å². The Morgan fingerprint density at radius 1 is 1.03 bits per heavy atom. The van der Waals surface area contributed by atoms with Crippen LogP contribution in [0.5, 0.6) is 5.75 Å². The highest BCUT2D eigenvalue weighted by Gasteiger charge is 2.13. The lowest BCUT2D eigenvalue weighted by Gasteiger charge is -2.10. The third-order valence-corrected chi connectivity index (χ3v) is 5.04. The molecule has 7 heteroatoms. The van der Waals surface area contributed by atoms with Gasteiger partial charge in [0.25, 0.3) is 5.91 Å². The van der Waals surface area contributed by atoms with E-state index < -0.39 is 5.91 Å². The van der Waals surface area contributed by atoms with E-state index in [1.54, 1.807) is 13.2 Å². The van der Waals surface area contributed by atoms with E-state index in [9.17, 15) is 9.59 Å². The highest BCUT2D eigenvalue weighted by molar-refractivity contribution is 6.10. The van der Waals surface area contributed by atoms with Crippen molar-refractivity contribution < 1.29 is 14.3 Å². The summed E-state index contributed by atoms with van der Waals surface area (Å²) < 4.78 is 7.08. The smallest absolute Gasteiger partial charge is 0.252 e. The molecule has 4 aromatic rings. The first-order valence-corrected chi connectivity index (χ1v) is 9.79. The first-order valence-electron chi connectivity index (χ1n) is 9.79. The van der Waals surface area contributed by atoms with Crippen molar-refractivity contribution in [3.05, 3.63) is 84.2 Å². The Balaban J connectivity index is 1.63. The van der Waals surface area contributed by atoms with Crippen molar-refractivity contribution in [2.24, 2.45) is 5.73 Å². The number of rotatable bonds is 7. The third kappa shape index (κ3) is 4.40. The molecule has 3 aromatic carbocycles. The van der Waals surface area contributed by atoms with E-state index in [1.165, 1.54) is 0 Å². The summed E-state index contributed by atoms with van der Waals surface area (Å²) in [6, 6.07) is 19.2. The molecule has 0 saturated carbocycles. The van der Waals surface area contributed by atoms with Gasteiger partial charge in [-0.15, -0.1) is 0 Å². The number of carbonyl (C=O) groups excluding carboxylic acids is 2. The average molecular weight is 414 g/mol. The van der Waals surface area contributed by atoms with E-state index >= 15 is 0 Å². The predicted octanol–water partition coefficient (Wildman–Crippen LogP) is 2.98. The molecule has 0 aliphatic heterocycles.